The van der Waals surface area contributed by atoms with E-state index in [0.717, 1.165) is 30.9 Å². The van der Waals surface area contributed by atoms with E-state index in [-0.39, 0.29) is 5.82 Å². The summed E-state index contributed by atoms with van der Waals surface area (Å²) < 4.78 is 19.2. The van der Waals surface area contributed by atoms with E-state index in [0.29, 0.717) is 13.2 Å². The highest BCUT2D eigenvalue weighted by atomic mass is 19.1. The van der Waals surface area contributed by atoms with E-state index in [1.54, 1.807) is 13.2 Å². The van der Waals surface area contributed by atoms with Crippen molar-refractivity contribution in [3.05, 3.63) is 29.6 Å². The van der Waals surface area contributed by atoms with Crippen LogP contribution in [0.15, 0.2) is 18.2 Å². The molecule has 0 aromatic heterocycles. The van der Waals surface area contributed by atoms with Gasteiger partial charge < -0.3 is 15.0 Å². The Bertz CT molecular complexity index is 417. The third kappa shape index (κ3) is 4.97. The molecular formula is C17H27FN2O. The van der Waals surface area contributed by atoms with Crippen molar-refractivity contribution in [1.29, 1.82) is 0 Å². The molecule has 0 spiro atoms. The van der Waals surface area contributed by atoms with Gasteiger partial charge in [0.15, 0.2) is 0 Å². The highest BCUT2D eigenvalue weighted by molar-refractivity contribution is 5.54. The van der Waals surface area contributed by atoms with Crippen LogP contribution in [-0.2, 0) is 11.3 Å². The minimum absolute atomic E-state index is 0.112. The average Bonchev–Trinajstić information content (AvgIpc) is 2.45. The fourth-order valence-corrected chi connectivity index (χ4v) is 2.89. The quantitative estimate of drug-likeness (QED) is 0.815. The number of hydrogen-bond acceptors (Lipinski definition) is 3. The fraction of sp³-hybridized carbons (Fsp3) is 0.647. The maximum atomic E-state index is 14.2. The molecule has 0 unspecified atom stereocenters. The monoisotopic (exact) mass is 294 g/mol. The molecule has 1 saturated heterocycles. The van der Waals surface area contributed by atoms with Gasteiger partial charge >= 0.3 is 0 Å². The lowest BCUT2D eigenvalue weighted by Crippen LogP contribution is -2.29. The van der Waals surface area contributed by atoms with Crippen molar-refractivity contribution in [3.8, 4) is 0 Å². The Balaban J connectivity index is 2.07. The first kappa shape index (κ1) is 16.2. The molecule has 0 amide bonds. The third-order valence-corrected chi connectivity index (χ3v) is 4.08. The zero-order chi connectivity index (χ0) is 14.9. The molecule has 21 heavy (non-hydrogen) atoms. The lowest BCUT2D eigenvalue weighted by atomic mass is 10.1. The Morgan fingerprint density at radius 2 is 1.86 bits per heavy atom. The summed E-state index contributed by atoms with van der Waals surface area (Å²) in [5, 5.41) is 3.26. The molecule has 0 bridgehead atoms. The Morgan fingerprint density at radius 3 is 2.57 bits per heavy atom. The SMILES string of the molecule is COCCNCc1c(F)cccc1N1CCCCCCC1. The van der Waals surface area contributed by atoms with E-state index in [9.17, 15) is 4.39 Å². The van der Waals surface area contributed by atoms with Gasteiger partial charge in [0.05, 0.1) is 6.61 Å². The number of anilines is 1. The lowest BCUT2D eigenvalue weighted by molar-refractivity contribution is 0.199. The molecule has 0 aliphatic carbocycles. The summed E-state index contributed by atoms with van der Waals surface area (Å²) in [7, 11) is 1.68. The van der Waals surface area contributed by atoms with E-state index in [1.807, 2.05) is 6.07 Å². The number of hydrogen-bond donors (Lipinski definition) is 1. The first-order valence-electron chi connectivity index (χ1n) is 8.05. The van der Waals surface area contributed by atoms with Crippen LogP contribution < -0.4 is 10.2 Å². The molecule has 1 aliphatic rings. The number of ether oxygens (including phenoxy) is 1. The van der Waals surface area contributed by atoms with E-state index in [4.69, 9.17) is 4.74 Å². The van der Waals surface area contributed by atoms with Gasteiger partial charge in [-0.25, -0.2) is 4.39 Å². The minimum Gasteiger partial charge on any atom is -0.383 e. The fourth-order valence-electron chi connectivity index (χ4n) is 2.89. The van der Waals surface area contributed by atoms with Crippen LogP contribution in [-0.4, -0.2) is 33.4 Å². The Hall–Kier alpha value is -1.13. The molecule has 1 aromatic rings. The molecule has 1 aromatic carbocycles. The van der Waals surface area contributed by atoms with Crippen LogP contribution in [0.3, 0.4) is 0 Å². The van der Waals surface area contributed by atoms with Gasteiger partial charge in [-0.05, 0) is 25.0 Å². The van der Waals surface area contributed by atoms with Crippen molar-refractivity contribution in [3.63, 3.8) is 0 Å². The van der Waals surface area contributed by atoms with Gasteiger partial charge in [0, 0.05) is 44.5 Å². The Labute approximate surface area is 127 Å². The molecule has 2 rings (SSSR count). The average molecular weight is 294 g/mol. The molecule has 1 fully saturated rings. The van der Waals surface area contributed by atoms with Gasteiger partial charge in [0.2, 0.25) is 0 Å². The van der Waals surface area contributed by atoms with Crippen molar-refractivity contribution in [1.82, 2.24) is 5.32 Å². The minimum atomic E-state index is -0.112. The first-order chi connectivity index (χ1) is 10.3. The molecular weight excluding hydrogens is 267 g/mol. The van der Waals surface area contributed by atoms with Crippen LogP contribution in [0.4, 0.5) is 10.1 Å². The molecule has 4 heteroatoms. The van der Waals surface area contributed by atoms with Crippen LogP contribution in [0.25, 0.3) is 0 Å². The van der Waals surface area contributed by atoms with Crippen LogP contribution >= 0.6 is 0 Å². The van der Waals surface area contributed by atoms with Gasteiger partial charge in [-0.2, -0.15) is 0 Å². The predicted octanol–water partition coefficient (Wildman–Crippen LogP) is 3.33. The first-order valence-corrected chi connectivity index (χ1v) is 8.05. The maximum absolute atomic E-state index is 14.2. The van der Waals surface area contributed by atoms with Crippen LogP contribution in [0.5, 0.6) is 0 Å². The zero-order valence-corrected chi connectivity index (χ0v) is 13.0. The van der Waals surface area contributed by atoms with Gasteiger partial charge in [-0.15, -0.1) is 0 Å². The standard InChI is InChI=1S/C17H27FN2O/c1-21-13-10-19-14-15-16(18)8-7-9-17(15)20-11-5-3-2-4-6-12-20/h7-9,19H,2-6,10-14H2,1H3. The van der Waals surface area contributed by atoms with Crippen LogP contribution in [0, 0.1) is 5.82 Å². The number of benzene rings is 1. The van der Waals surface area contributed by atoms with Gasteiger partial charge in [-0.3, -0.25) is 0 Å². The summed E-state index contributed by atoms with van der Waals surface area (Å²) in [6.07, 6.45) is 6.31. The molecule has 118 valence electrons. The Kier molecular flexibility index (Phi) is 6.96. The summed E-state index contributed by atoms with van der Waals surface area (Å²) in [5.74, 6) is -0.112. The summed E-state index contributed by atoms with van der Waals surface area (Å²) >= 11 is 0. The highest BCUT2D eigenvalue weighted by Crippen LogP contribution is 2.25. The van der Waals surface area contributed by atoms with E-state index in [2.05, 4.69) is 16.3 Å². The number of nitrogens with zero attached hydrogens (tertiary/aromatic N) is 1. The van der Waals surface area contributed by atoms with E-state index < -0.39 is 0 Å². The topological polar surface area (TPSA) is 24.5 Å². The number of methoxy groups -OCH3 is 1. The summed E-state index contributed by atoms with van der Waals surface area (Å²) in [6.45, 7) is 4.02. The molecule has 3 nitrogen and oxygen atoms in total. The van der Waals surface area contributed by atoms with Crippen molar-refractivity contribution in [2.45, 2.75) is 38.6 Å². The summed E-state index contributed by atoms with van der Waals surface area (Å²) in [5.41, 5.74) is 1.84. The number of nitrogens with one attached hydrogen (secondary N) is 1. The molecule has 1 aliphatic heterocycles. The number of halogens is 1. The van der Waals surface area contributed by atoms with Crippen LogP contribution in [0.2, 0.25) is 0 Å². The normalized spacial score (nSPS) is 16.6. The molecule has 1 N–H and O–H groups in total. The molecule has 0 radical (unpaired) electrons. The van der Waals surface area contributed by atoms with Gasteiger partial charge in [0.25, 0.3) is 0 Å². The Morgan fingerprint density at radius 1 is 1.14 bits per heavy atom. The second kappa shape index (κ2) is 9.00. The smallest absolute Gasteiger partial charge is 0.129 e. The van der Waals surface area contributed by atoms with Crippen molar-refractivity contribution < 1.29 is 9.13 Å². The largest absolute Gasteiger partial charge is 0.383 e. The third-order valence-electron chi connectivity index (χ3n) is 4.08. The van der Waals surface area contributed by atoms with Crippen LogP contribution in [0.1, 0.15) is 37.7 Å². The number of rotatable bonds is 6. The van der Waals surface area contributed by atoms with Crippen molar-refractivity contribution in [2.24, 2.45) is 0 Å². The van der Waals surface area contributed by atoms with Crippen molar-refractivity contribution in [2.75, 3.05) is 38.3 Å². The molecule has 0 atom stereocenters. The van der Waals surface area contributed by atoms with E-state index >= 15 is 0 Å². The lowest BCUT2D eigenvalue weighted by Gasteiger charge is -2.29. The molecule has 1 heterocycles. The van der Waals surface area contributed by atoms with Gasteiger partial charge in [0.1, 0.15) is 5.82 Å². The zero-order valence-electron chi connectivity index (χ0n) is 13.0. The second-order valence-electron chi connectivity index (χ2n) is 5.66. The summed E-state index contributed by atoms with van der Waals surface area (Å²) in [6, 6.07) is 5.43. The highest BCUT2D eigenvalue weighted by Gasteiger charge is 2.15. The predicted molar refractivity (Wildman–Crippen MR) is 85.3 cm³/mol. The van der Waals surface area contributed by atoms with Gasteiger partial charge in [-0.1, -0.05) is 25.3 Å². The summed E-state index contributed by atoms with van der Waals surface area (Å²) in [4.78, 5) is 2.36. The molecule has 0 saturated carbocycles. The van der Waals surface area contributed by atoms with E-state index in [1.165, 1.54) is 32.1 Å². The van der Waals surface area contributed by atoms with Crippen molar-refractivity contribution >= 4 is 5.69 Å². The second-order valence-corrected chi connectivity index (χ2v) is 5.66. The maximum Gasteiger partial charge on any atom is 0.129 e.